The Labute approximate surface area is 137 Å². The molecule has 0 unspecified atom stereocenters. The van der Waals surface area contributed by atoms with Crippen LogP contribution in [0.15, 0.2) is 48.5 Å². The lowest BCUT2D eigenvalue weighted by molar-refractivity contribution is -0.122. The number of primary amides is 1. The summed E-state index contributed by atoms with van der Waals surface area (Å²) in [4.78, 5) is 23.2. The van der Waals surface area contributed by atoms with Crippen molar-refractivity contribution in [3.63, 3.8) is 0 Å². The van der Waals surface area contributed by atoms with Crippen molar-refractivity contribution in [3.05, 3.63) is 71.3 Å². The molecule has 0 heterocycles. The molecule has 0 aromatic heterocycles. The van der Waals surface area contributed by atoms with E-state index in [1.54, 1.807) is 37.3 Å². The molecule has 0 saturated carbocycles. The summed E-state index contributed by atoms with van der Waals surface area (Å²) in [5, 5.41) is 4.94. The van der Waals surface area contributed by atoms with E-state index in [0.29, 0.717) is 5.56 Å². The van der Waals surface area contributed by atoms with Crippen LogP contribution in [0, 0.1) is 11.6 Å². The van der Waals surface area contributed by atoms with Gasteiger partial charge in [-0.1, -0.05) is 36.4 Å². The van der Waals surface area contributed by atoms with Crippen LogP contribution >= 0.6 is 0 Å². The number of imide groups is 1. The van der Waals surface area contributed by atoms with E-state index in [-0.39, 0.29) is 5.56 Å². The van der Waals surface area contributed by atoms with Crippen molar-refractivity contribution in [1.29, 1.82) is 0 Å². The highest BCUT2D eigenvalue weighted by molar-refractivity contribution is 5.96. The zero-order valence-electron chi connectivity index (χ0n) is 12.9. The molecule has 5 nitrogen and oxygen atoms in total. The third kappa shape index (κ3) is 4.36. The standard InChI is InChI=1S/C17H17F2N3O2/c1-10(13-8-7-12(18)9-14(13)19)21-15(16(23)22-17(20)24)11-5-3-2-4-6-11/h2-10,15,21H,1H3,(H3,20,22,23,24)/t10-,15-/m0/s1. The van der Waals surface area contributed by atoms with Crippen molar-refractivity contribution in [2.75, 3.05) is 0 Å². The van der Waals surface area contributed by atoms with Gasteiger partial charge in [0.25, 0.3) is 0 Å². The number of nitrogens with two attached hydrogens (primary N) is 1. The summed E-state index contributed by atoms with van der Waals surface area (Å²) in [7, 11) is 0. The topological polar surface area (TPSA) is 84.2 Å². The molecule has 2 aromatic rings. The van der Waals surface area contributed by atoms with E-state index in [9.17, 15) is 18.4 Å². The number of nitrogens with one attached hydrogen (secondary N) is 2. The quantitative estimate of drug-likeness (QED) is 0.786. The lowest BCUT2D eigenvalue weighted by atomic mass is 10.0. The van der Waals surface area contributed by atoms with Gasteiger partial charge in [-0.2, -0.15) is 0 Å². The molecule has 7 heteroatoms. The number of benzene rings is 2. The first-order valence-corrected chi connectivity index (χ1v) is 7.24. The Balaban J connectivity index is 2.27. The predicted octanol–water partition coefficient (Wildman–Crippen LogP) is 2.55. The predicted molar refractivity (Wildman–Crippen MR) is 84.8 cm³/mol. The number of carbonyl (C=O) groups excluding carboxylic acids is 2. The number of hydrogen-bond donors (Lipinski definition) is 3. The normalized spacial score (nSPS) is 13.1. The maximum Gasteiger partial charge on any atom is 0.318 e. The van der Waals surface area contributed by atoms with E-state index in [2.05, 4.69) is 5.32 Å². The van der Waals surface area contributed by atoms with Gasteiger partial charge in [0, 0.05) is 17.7 Å². The Morgan fingerprint density at radius 3 is 2.33 bits per heavy atom. The van der Waals surface area contributed by atoms with Crippen LogP contribution in [0.3, 0.4) is 0 Å². The second-order valence-electron chi connectivity index (χ2n) is 5.25. The molecule has 2 atom stereocenters. The van der Waals surface area contributed by atoms with E-state index in [1.165, 1.54) is 6.07 Å². The van der Waals surface area contributed by atoms with Gasteiger partial charge >= 0.3 is 6.03 Å². The van der Waals surface area contributed by atoms with Gasteiger partial charge in [0.15, 0.2) is 0 Å². The zero-order valence-corrected chi connectivity index (χ0v) is 12.9. The Hall–Kier alpha value is -2.80. The summed E-state index contributed by atoms with van der Waals surface area (Å²) in [6, 6.07) is 9.28. The average molecular weight is 333 g/mol. The highest BCUT2D eigenvalue weighted by Crippen LogP contribution is 2.22. The molecule has 0 fully saturated rings. The Bertz CT molecular complexity index is 738. The second kappa shape index (κ2) is 7.65. The Kier molecular flexibility index (Phi) is 5.59. The van der Waals surface area contributed by atoms with E-state index >= 15 is 0 Å². The molecule has 2 aromatic carbocycles. The molecule has 0 aliphatic heterocycles. The van der Waals surface area contributed by atoms with Crippen molar-refractivity contribution < 1.29 is 18.4 Å². The summed E-state index contributed by atoms with van der Waals surface area (Å²) in [5.41, 5.74) is 5.76. The molecule has 4 N–H and O–H groups in total. The maximum atomic E-state index is 13.9. The van der Waals surface area contributed by atoms with Crippen LogP contribution in [-0.2, 0) is 4.79 Å². The summed E-state index contributed by atoms with van der Waals surface area (Å²) >= 11 is 0. The number of halogens is 2. The number of urea groups is 1. The van der Waals surface area contributed by atoms with Crippen LogP contribution in [0.2, 0.25) is 0 Å². The molecule has 126 valence electrons. The minimum absolute atomic E-state index is 0.198. The smallest absolute Gasteiger partial charge is 0.318 e. The van der Waals surface area contributed by atoms with Crippen molar-refractivity contribution in [1.82, 2.24) is 10.6 Å². The first-order valence-electron chi connectivity index (χ1n) is 7.24. The lowest BCUT2D eigenvalue weighted by Gasteiger charge is -2.23. The summed E-state index contributed by atoms with van der Waals surface area (Å²) < 4.78 is 26.9. The van der Waals surface area contributed by atoms with E-state index < -0.39 is 35.7 Å². The lowest BCUT2D eigenvalue weighted by Crippen LogP contribution is -2.43. The molecule has 24 heavy (non-hydrogen) atoms. The van der Waals surface area contributed by atoms with E-state index in [4.69, 9.17) is 5.73 Å². The van der Waals surface area contributed by atoms with Crippen LogP contribution in [0.4, 0.5) is 13.6 Å². The molecule has 3 amide bonds. The molecule has 0 saturated heterocycles. The Morgan fingerprint density at radius 2 is 1.75 bits per heavy atom. The fraction of sp³-hybridized carbons (Fsp3) is 0.176. The van der Waals surface area contributed by atoms with Crippen molar-refractivity contribution in [2.45, 2.75) is 19.0 Å². The van der Waals surface area contributed by atoms with Gasteiger partial charge in [-0.25, -0.2) is 13.6 Å². The fourth-order valence-electron chi connectivity index (χ4n) is 2.35. The van der Waals surface area contributed by atoms with Crippen LogP contribution in [-0.4, -0.2) is 11.9 Å². The van der Waals surface area contributed by atoms with Crippen LogP contribution < -0.4 is 16.4 Å². The molecule has 0 bridgehead atoms. The SMILES string of the molecule is C[C@H](N[C@H](C(=O)NC(N)=O)c1ccccc1)c1ccc(F)cc1F. The van der Waals surface area contributed by atoms with Gasteiger partial charge in [-0.3, -0.25) is 15.4 Å². The minimum atomic E-state index is -0.983. The minimum Gasteiger partial charge on any atom is -0.351 e. The summed E-state index contributed by atoms with van der Waals surface area (Å²) in [5.74, 6) is -2.07. The highest BCUT2D eigenvalue weighted by Gasteiger charge is 2.24. The van der Waals surface area contributed by atoms with Crippen molar-refractivity contribution in [2.24, 2.45) is 5.73 Å². The van der Waals surface area contributed by atoms with Gasteiger partial charge in [0.1, 0.15) is 17.7 Å². The summed E-state index contributed by atoms with van der Waals surface area (Å²) in [6.45, 7) is 1.63. The zero-order chi connectivity index (χ0) is 17.7. The first-order chi connectivity index (χ1) is 11.4. The fourth-order valence-corrected chi connectivity index (χ4v) is 2.35. The number of amides is 3. The van der Waals surface area contributed by atoms with Crippen LogP contribution in [0.1, 0.15) is 30.1 Å². The molecule has 0 radical (unpaired) electrons. The molecular weight excluding hydrogens is 316 g/mol. The summed E-state index contributed by atoms with van der Waals surface area (Å²) in [6.07, 6.45) is 0. The molecule has 2 rings (SSSR count). The first kappa shape index (κ1) is 17.6. The van der Waals surface area contributed by atoms with Crippen molar-refractivity contribution >= 4 is 11.9 Å². The number of carbonyl (C=O) groups is 2. The van der Waals surface area contributed by atoms with Crippen molar-refractivity contribution in [3.8, 4) is 0 Å². The molecule has 0 aliphatic rings. The monoisotopic (exact) mass is 333 g/mol. The highest BCUT2D eigenvalue weighted by atomic mass is 19.1. The van der Waals surface area contributed by atoms with Gasteiger partial charge in [-0.05, 0) is 18.6 Å². The van der Waals surface area contributed by atoms with Crippen LogP contribution in [0.5, 0.6) is 0 Å². The van der Waals surface area contributed by atoms with E-state index in [1.807, 2.05) is 5.32 Å². The van der Waals surface area contributed by atoms with E-state index in [0.717, 1.165) is 12.1 Å². The Morgan fingerprint density at radius 1 is 1.08 bits per heavy atom. The third-order valence-electron chi connectivity index (χ3n) is 3.49. The number of rotatable bonds is 5. The maximum absolute atomic E-state index is 13.9. The number of hydrogen-bond acceptors (Lipinski definition) is 3. The average Bonchev–Trinajstić information content (AvgIpc) is 2.52. The third-order valence-corrected chi connectivity index (χ3v) is 3.49. The van der Waals surface area contributed by atoms with Crippen LogP contribution in [0.25, 0.3) is 0 Å². The molecule has 0 aliphatic carbocycles. The van der Waals surface area contributed by atoms with Gasteiger partial charge in [0.05, 0.1) is 0 Å². The van der Waals surface area contributed by atoms with Gasteiger partial charge < -0.3 is 5.73 Å². The van der Waals surface area contributed by atoms with Gasteiger partial charge in [-0.15, -0.1) is 0 Å². The second-order valence-corrected chi connectivity index (χ2v) is 5.25. The molecule has 0 spiro atoms. The largest absolute Gasteiger partial charge is 0.351 e. The van der Waals surface area contributed by atoms with Gasteiger partial charge in [0.2, 0.25) is 5.91 Å². The molecular formula is C17H17F2N3O2.